The maximum atomic E-state index is 11.2. The number of aliphatic hydroxyl groups excluding tert-OH is 1. The first-order chi connectivity index (χ1) is 7.24. The van der Waals surface area contributed by atoms with E-state index in [0.717, 1.165) is 23.2 Å². The van der Waals surface area contributed by atoms with Crippen LogP contribution in [0.1, 0.15) is 30.4 Å². The van der Waals surface area contributed by atoms with E-state index < -0.39 is 0 Å². The van der Waals surface area contributed by atoms with Gasteiger partial charge in [0.1, 0.15) is 0 Å². The third-order valence-electron chi connectivity index (χ3n) is 2.94. The Hall–Kier alpha value is -1.35. The summed E-state index contributed by atoms with van der Waals surface area (Å²) in [7, 11) is 0. The smallest absolute Gasteiger partial charge is 0.228 e. The molecule has 1 aromatic rings. The molecule has 3 nitrogen and oxygen atoms in total. The van der Waals surface area contributed by atoms with E-state index in [4.69, 9.17) is 0 Å². The normalized spacial score (nSPS) is 16.0. The van der Waals surface area contributed by atoms with Crippen LogP contribution >= 0.6 is 0 Å². The largest absolute Gasteiger partial charge is 0.396 e. The van der Waals surface area contributed by atoms with Crippen molar-refractivity contribution in [2.75, 3.05) is 11.9 Å². The highest BCUT2D eigenvalue weighted by Gasteiger charge is 2.19. The minimum absolute atomic E-state index is 0.0548. The molecule has 2 rings (SSSR count). The number of hydrogen-bond acceptors (Lipinski definition) is 2. The molecule has 1 aromatic carbocycles. The van der Waals surface area contributed by atoms with E-state index in [2.05, 4.69) is 12.2 Å². The van der Waals surface area contributed by atoms with Crippen LogP contribution in [0, 0.1) is 0 Å². The van der Waals surface area contributed by atoms with Crippen LogP contribution in [0.15, 0.2) is 18.2 Å². The average molecular weight is 205 g/mol. The van der Waals surface area contributed by atoms with Crippen LogP contribution in [0.2, 0.25) is 0 Å². The van der Waals surface area contributed by atoms with Gasteiger partial charge in [-0.15, -0.1) is 0 Å². The zero-order valence-corrected chi connectivity index (χ0v) is 8.79. The van der Waals surface area contributed by atoms with Crippen LogP contribution in [0.5, 0.6) is 0 Å². The summed E-state index contributed by atoms with van der Waals surface area (Å²) in [5.41, 5.74) is 3.08. The number of aliphatic hydroxyl groups is 1. The molecular formula is C12H15NO2. The monoisotopic (exact) mass is 205 g/mol. The molecule has 0 saturated carbocycles. The van der Waals surface area contributed by atoms with Gasteiger partial charge in [0.2, 0.25) is 5.91 Å². The van der Waals surface area contributed by atoms with E-state index in [1.807, 2.05) is 18.2 Å². The summed E-state index contributed by atoms with van der Waals surface area (Å²) in [4.78, 5) is 11.2. The third kappa shape index (κ3) is 1.88. The summed E-state index contributed by atoms with van der Waals surface area (Å²) in [5, 5.41) is 12.0. The van der Waals surface area contributed by atoms with Gasteiger partial charge in [-0.1, -0.05) is 19.1 Å². The molecule has 0 bridgehead atoms. The first kappa shape index (κ1) is 10.2. The SMILES string of the molecule is CCC(CO)c1ccc2c(c1)CC(=O)N2. The Bertz CT molecular complexity index is 383. The first-order valence-electron chi connectivity index (χ1n) is 5.28. The molecular weight excluding hydrogens is 190 g/mol. The van der Waals surface area contributed by atoms with E-state index in [9.17, 15) is 9.90 Å². The van der Waals surface area contributed by atoms with Crippen LogP contribution in [0.25, 0.3) is 0 Å². The Morgan fingerprint density at radius 3 is 3.00 bits per heavy atom. The van der Waals surface area contributed by atoms with Crippen molar-refractivity contribution in [2.24, 2.45) is 0 Å². The molecule has 0 aromatic heterocycles. The van der Waals surface area contributed by atoms with Crippen LogP contribution in [0.4, 0.5) is 5.69 Å². The molecule has 1 amide bonds. The molecule has 1 unspecified atom stereocenters. The number of fused-ring (bicyclic) bond motifs is 1. The predicted octanol–water partition coefficient (Wildman–Crippen LogP) is 1.67. The number of benzene rings is 1. The molecule has 1 heterocycles. The summed E-state index contributed by atoms with van der Waals surface area (Å²) >= 11 is 0. The summed E-state index contributed by atoms with van der Waals surface area (Å²) in [6, 6.07) is 5.93. The fourth-order valence-electron chi connectivity index (χ4n) is 1.97. The summed E-state index contributed by atoms with van der Waals surface area (Å²) in [6.45, 7) is 2.22. The Morgan fingerprint density at radius 2 is 2.33 bits per heavy atom. The first-order valence-corrected chi connectivity index (χ1v) is 5.28. The standard InChI is InChI=1S/C12H15NO2/c1-2-8(7-14)9-3-4-11-10(5-9)6-12(15)13-11/h3-5,8,14H,2,6-7H2,1H3,(H,13,15). The van der Waals surface area contributed by atoms with Crippen molar-refractivity contribution in [1.29, 1.82) is 0 Å². The van der Waals surface area contributed by atoms with E-state index in [-0.39, 0.29) is 18.4 Å². The number of nitrogens with one attached hydrogen (secondary N) is 1. The van der Waals surface area contributed by atoms with Crippen molar-refractivity contribution in [3.63, 3.8) is 0 Å². The molecule has 80 valence electrons. The Balaban J connectivity index is 2.30. The lowest BCUT2D eigenvalue weighted by Crippen LogP contribution is -2.03. The summed E-state index contributed by atoms with van der Waals surface area (Å²) in [6.07, 6.45) is 1.38. The lowest BCUT2D eigenvalue weighted by molar-refractivity contribution is -0.115. The van der Waals surface area contributed by atoms with E-state index in [1.165, 1.54) is 0 Å². The molecule has 0 radical (unpaired) electrons. The highest BCUT2D eigenvalue weighted by molar-refractivity contribution is 5.99. The molecule has 3 heteroatoms. The van der Waals surface area contributed by atoms with Crippen molar-refractivity contribution in [3.05, 3.63) is 29.3 Å². The number of anilines is 1. The second-order valence-corrected chi connectivity index (χ2v) is 3.93. The zero-order valence-electron chi connectivity index (χ0n) is 8.79. The van der Waals surface area contributed by atoms with Crippen molar-refractivity contribution in [2.45, 2.75) is 25.7 Å². The van der Waals surface area contributed by atoms with E-state index in [0.29, 0.717) is 6.42 Å². The van der Waals surface area contributed by atoms with E-state index in [1.54, 1.807) is 0 Å². The number of hydrogen-bond donors (Lipinski definition) is 2. The number of amides is 1. The Labute approximate surface area is 89.1 Å². The fraction of sp³-hybridized carbons (Fsp3) is 0.417. The van der Waals surface area contributed by atoms with Gasteiger partial charge in [0, 0.05) is 18.2 Å². The Kier molecular flexibility index (Phi) is 2.73. The maximum Gasteiger partial charge on any atom is 0.228 e. The van der Waals surface area contributed by atoms with Crippen molar-refractivity contribution in [3.8, 4) is 0 Å². The Morgan fingerprint density at radius 1 is 1.53 bits per heavy atom. The fourth-order valence-corrected chi connectivity index (χ4v) is 1.97. The molecule has 0 fully saturated rings. The minimum atomic E-state index is 0.0548. The van der Waals surface area contributed by atoms with Crippen LogP contribution < -0.4 is 5.32 Å². The van der Waals surface area contributed by atoms with Gasteiger partial charge in [-0.25, -0.2) is 0 Å². The third-order valence-corrected chi connectivity index (χ3v) is 2.94. The van der Waals surface area contributed by atoms with Crippen molar-refractivity contribution in [1.82, 2.24) is 0 Å². The summed E-state index contributed by atoms with van der Waals surface area (Å²) in [5.74, 6) is 0.241. The number of carbonyl (C=O) groups excluding carboxylic acids is 1. The number of carbonyl (C=O) groups is 1. The van der Waals surface area contributed by atoms with E-state index >= 15 is 0 Å². The maximum absolute atomic E-state index is 11.2. The molecule has 15 heavy (non-hydrogen) atoms. The zero-order chi connectivity index (χ0) is 10.8. The molecule has 1 atom stereocenters. The highest BCUT2D eigenvalue weighted by Crippen LogP contribution is 2.28. The van der Waals surface area contributed by atoms with Crippen LogP contribution in [-0.4, -0.2) is 17.6 Å². The molecule has 0 aliphatic carbocycles. The van der Waals surface area contributed by atoms with Gasteiger partial charge >= 0.3 is 0 Å². The second-order valence-electron chi connectivity index (χ2n) is 3.93. The van der Waals surface area contributed by atoms with Gasteiger partial charge in [0.25, 0.3) is 0 Å². The predicted molar refractivity (Wildman–Crippen MR) is 58.9 cm³/mol. The number of rotatable bonds is 3. The lowest BCUT2D eigenvalue weighted by atomic mass is 9.95. The van der Waals surface area contributed by atoms with Gasteiger partial charge in [0.15, 0.2) is 0 Å². The van der Waals surface area contributed by atoms with Gasteiger partial charge in [-0.2, -0.15) is 0 Å². The van der Waals surface area contributed by atoms with Crippen molar-refractivity contribution >= 4 is 11.6 Å². The quantitative estimate of drug-likeness (QED) is 0.788. The molecule has 0 saturated heterocycles. The lowest BCUT2D eigenvalue weighted by Gasteiger charge is -2.12. The van der Waals surface area contributed by atoms with Crippen LogP contribution in [0.3, 0.4) is 0 Å². The van der Waals surface area contributed by atoms with Gasteiger partial charge in [-0.05, 0) is 23.6 Å². The van der Waals surface area contributed by atoms with Crippen molar-refractivity contribution < 1.29 is 9.90 Å². The van der Waals surface area contributed by atoms with Crippen LogP contribution in [-0.2, 0) is 11.2 Å². The topological polar surface area (TPSA) is 49.3 Å². The molecule has 0 spiro atoms. The molecule has 2 N–H and O–H groups in total. The average Bonchev–Trinajstić information content (AvgIpc) is 2.59. The summed E-state index contributed by atoms with van der Waals surface area (Å²) < 4.78 is 0. The molecule has 1 aliphatic heterocycles. The van der Waals surface area contributed by atoms with Gasteiger partial charge < -0.3 is 10.4 Å². The van der Waals surface area contributed by atoms with Gasteiger partial charge in [-0.3, -0.25) is 4.79 Å². The highest BCUT2D eigenvalue weighted by atomic mass is 16.3. The van der Waals surface area contributed by atoms with Gasteiger partial charge in [0.05, 0.1) is 6.42 Å². The minimum Gasteiger partial charge on any atom is -0.396 e. The molecule has 1 aliphatic rings. The second kappa shape index (κ2) is 4.03.